The van der Waals surface area contributed by atoms with Gasteiger partial charge < -0.3 is 10.6 Å². The average molecular weight is 203 g/mol. The number of aromatic nitrogens is 1. The van der Waals surface area contributed by atoms with E-state index in [0.29, 0.717) is 11.4 Å². The first kappa shape index (κ1) is 9.59. The number of nitrogen functional groups attached to an aromatic ring is 1. The van der Waals surface area contributed by atoms with E-state index in [0.717, 1.165) is 11.3 Å². The van der Waals surface area contributed by atoms with Crippen LogP contribution in [0.3, 0.4) is 0 Å². The lowest BCUT2D eigenvalue weighted by atomic mass is 10.3. The number of aldehydes is 1. The van der Waals surface area contributed by atoms with E-state index in [2.05, 4.69) is 15.0 Å². The molecule has 0 radical (unpaired) electrons. The lowest BCUT2D eigenvalue weighted by Gasteiger charge is -1.92. The third kappa shape index (κ3) is 2.48. The Hall–Kier alpha value is -1.50. The van der Waals surface area contributed by atoms with Crippen LogP contribution in [0, 0.1) is 0 Å². The molecule has 0 aliphatic rings. The van der Waals surface area contributed by atoms with Gasteiger partial charge in [0.25, 0.3) is 6.86 Å². The minimum atomic E-state index is -1.09. The summed E-state index contributed by atoms with van der Waals surface area (Å²) >= 11 is 1.16. The third-order valence-corrected chi connectivity index (χ3v) is 1.78. The molecule has 0 spiro atoms. The molecule has 1 heterocycles. The minimum Gasteiger partial charge on any atom is -0.375 e. The maximum Gasteiger partial charge on any atom is 0.255 e. The average Bonchev–Trinajstić information content (AvgIpc) is 2.54. The second-order valence-electron chi connectivity index (χ2n) is 1.90. The highest BCUT2D eigenvalue weighted by Gasteiger charge is 2.06. The van der Waals surface area contributed by atoms with Crippen molar-refractivity contribution >= 4 is 28.5 Å². The monoisotopic (exact) mass is 203 g/mol. The summed E-state index contributed by atoms with van der Waals surface area (Å²) in [6.07, 6.45) is 0.421. The highest BCUT2D eigenvalue weighted by atomic mass is 32.1. The fourth-order valence-corrected chi connectivity index (χ4v) is 1.18. The molecule has 0 amide bonds. The molecule has 0 bridgehead atoms. The number of hydrogen-bond acceptors (Lipinski definition) is 6. The first-order valence-corrected chi connectivity index (χ1v) is 4.08. The van der Waals surface area contributed by atoms with Gasteiger partial charge in [-0.25, -0.2) is 9.37 Å². The van der Waals surface area contributed by atoms with Gasteiger partial charge >= 0.3 is 0 Å². The maximum atomic E-state index is 11.5. The molecule has 0 fully saturated rings. The summed E-state index contributed by atoms with van der Waals surface area (Å²) in [6.45, 7) is -1.09. The first-order valence-electron chi connectivity index (χ1n) is 3.20. The smallest absolute Gasteiger partial charge is 0.255 e. The number of carbonyl (C=O) groups is 1. The van der Waals surface area contributed by atoms with Gasteiger partial charge in [0.15, 0.2) is 17.1 Å². The summed E-state index contributed by atoms with van der Waals surface area (Å²) in [6, 6.07) is 0. The van der Waals surface area contributed by atoms with Gasteiger partial charge in [-0.3, -0.25) is 4.79 Å². The standard InChI is InChI=1S/C6H6FN3O2S/c7-3-12-10-4(1-11)5-2-13-6(8)9-5/h1-2H,3H2,(H2,8,9)/b10-4+. The summed E-state index contributed by atoms with van der Waals surface area (Å²) in [7, 11) is 0. The number of anilines is 1. The molecule has 70 valence electrons. The van der Waals surface area contributed by atoms with Crippen LogP contribution < -0.4 is 5.73 Å². The molecule has 0 saturated heterocycles. The molecule has 0 aromatic carbocycles. The molecule has 2 N–H and O–H groups in total. The zero-order valence-electron chi connectivity index (χ0n) is 6.44. The van der Waals surface area contributed by atoms with Crippen molar-refractivity contribution in [1.29, 1.82) is 0 Å². The second kappa shape index (κ2) is 4.51. The van der Waals surface area contributed by atoms with E-state index in [1.54, 1.807) is 0 Å². The van der Waals surface area contributed by atoms with E-state index in [9.17, 15) is 9.18 Å². The Bertz CT molecular complexity index is 325. The Morgan fingerprint density at radius 3 is 3.15 bits per heavy atom. The molecule has 1 aromatic rings. The predicted molar refractivity (Wildman–Crippen MR) is 46.2 cm³/mol. The van der Waals surface area contributed by atoms with Gasteiger partial charge in [-0.05, 0) is 0 Å². The molecule has 13 heavy (non-hydrogen) atoms. The predicted octanol–water partition coefficient (Wildman–Crippen LogP) is 0.572. The van der Waals surface area contributed by atoms with Gasteiger partial charge in [-0.1, -0.05) is 5.16 Å². The number of nitrogens with two attached hydrogens (primary N) is 1. The SMILES string of the molecule is Nc1nc(/C(C=O)=N/OCF)cs1. The van der Waals surface area contributed by atoms with Gasteiger partial charge in [0.05, 0.1) is 0 Å². The second-order valence-corrected chi connectivity index (χ2v) is 2.79. The van der Waals surface area contributed by atoms with Crippen LogP contribution >= 0.6 is 11.3 Å². The quantitative estimate of drug-likeness (QED) is 0.441. The van der Waals surface area contributed by atoms with Crippen molar-refractivity contribution in [1.82, 2.24) is 4.98 Å². The Morgan fingerprint density at radius 1 is 1.92 bits per heavy atom. The molecular weight excluding hydrogens is 197 g/mol. The number of rotatable bonds is 4. The zero-order valence-corrected chi connectivity index (χ0v) is 7.25. The number of thiazole rings is 1. The number of oxime groups is 1. The van der Waals surface area contributed by atoms with Crippen molar-refractivity contribution in [3.63, 3.8) is 0 Å². The van der Waals surface area contributed by atoms with Crippen molar-refractivity contribution in [2.24, 2.45) is 5.16 Å². The van der Waals surface area contributed by atoms with E-state index < -0.39 is 6.86 Å². The summed E-state index contributed by atoms with van der Waals surface area (Å²) in [5.41, 5.74) is 5.53. The summed E-state index contributed by atoms with van der Waals surface area (Å²) < 4.78 is 11.5. The van der Waals surface area contributed by atoms with Gasteiger partial charge in [-0.2, -0.15) is 0 Å². The summed E-state index contributed by atoms with van der Waals surface area (Å²) in [4.78, 5) is 18.2. The molecule has 5 nitrogen and oxygen atoms in total. The molecule has 0 aliphatic carbocycles. The van der Waals surface area contributed by atoms with E-state index in [1.165, 1.54) is 5.38 Å². The van der Waals surface area contributed by atoms with Gasteiger partial charge in [0.1, 0.15) is 5.69 Å². The van der Waals surface area contributed by atoms with Crippen LogP contribution in [0.5, 0.6) is 0 Å². The van der Waals surface area contributed by atoms with Crippen LogP contribution in [-0.4, -0.2) is 23.8 Å². The van der Waals surface area contributed by atoms with Crippen LogP contribution in [0.2, 0.25) is 0 Å². The van der Waals surface area contributed by atoms with Crippen LogP contribution in [0.1, 0.15) is 5.69 Å². The van der Waals surface area contributed by atoms with Gasteiger partial charge in [-0.15, -0.1) is 11.3 Å². The van der Waals surface area contributed by atoms with Gasteiger partial charge in [0.2, 0.25) is 0 Å². The molecule has 0 aliphatic heterocycles. The number of carbonyl (C=O) groups excluding carboxylic acids is 1. The van der Waals surface area contributed by atoms with E-state index in [1.807, 2.05) is 0 Å². The number of hydrogen-bond donors (Lipinski definition) is 1. The molecule has 0 atom stereocenters. The number of alkyl halides is 1. The van der Waals surface area contributed by atoms with Crippen LogP contribution in [-0.2, 0) is 9.63 Å². The van der Waals surface area contributed by atoms with Crippen LogP contribution in [0.15, 0.2) is 10.5 Å². The highest BCUT2D eigenvalue weighted by molar-refractivity contribution is 7.13. The van der Waals surface area contributed by atoms with Gasteiger partial charge in [0, 0.05) is 5.38 Å². The normalized spacial score (nSPS) is 11.3. The molecule has 7 heteroatoms. The van der Waals surface area contributed by atoms with Crippen molar-refractivity contribution in [3.8, 4) is 0 Å². The summed E-state index contributed by atoms with van der Waals surface area (Å²) in [5.74, 6) is 0. The van der Waals surface area contributed by atoms with E-state index >= 15 is 0 Å². The zero-order chi connectivity index (χ0) is 9.68. The Kier molecular flexibility index (Phi) is 3.32. The van der Waals surface area contributed by atoms with Crippen LogP contribution in [0.25, 0.3) is 0 Å². The highest BCUT2D eigenvalue weighted by Crippen LogP contribution is 2.11. The van der Waals surface area contributed by atoms with E-state index in [-0.39, 0.29) is 11.4 Å². The molecule has 1 aromatic heterocycles. The summed E-state index contributed by atoms with van der Waals surface area (Å²) in [5, 5.41) is 5.05. The molecule has 0 saturated carbocycles. The topological polar surface area (TPSA) is 77.6 Å². The van der Waals surface area contributed by atoms with Crippen molar-refractivity contribution in [2.75, 3.05) is 12.6 Å². The lowest BCUT2D eigenvalue weighted by molar-refractivity contribution is -0.102. The Balaban J connectivity index is 2.84. The van der Waals surface area contributed by atoms with Crippen molar-refractivity contribution in [3.05, 3.63) is 11.1 Å². The first-order chi connectivity index (χ1) is 6.27. The number of nitrogens with zero attached hydrogens (tertiary/aromatic N) is 2. The van der Waals surface area contributed by atoms with E-state index in [4.69, 9.17) is 5.73 Å². The van der Waals surface area contributed by atoms with Crippen molar-refractivity contribution in [2.45, 2.75) is 0 Å². The Labute approximate surface area is 77.0 Å². The molecule has 1 rings (SSSR count). The minimum absolute atomic E-state index is 0.0781. The molecule has 0 unspecified atom stereocenters. The Morgan fingerprint density at radius 2 is 2.69 bits per heavy atom. The number of halogens is 1. The maximum absolute atomic E-state index is 11.5. The fourth-order valence-electron chi connectivity index (χ4n) is 0.628. The van der Waals surface area contributed by atoms with Crippen LogP contribution in [0.4, 0.5) is 9.52 Å². The third-order valence-electron chi connectivity index (χ3n) is 1.11. The fraction of sp³-hybridized carbons (Fsp3) is 0.167. The van der Waals surface area contributed by atoms with Crippen molar-refractivity contribution < 1.29 is 14.0 Å². The largest absolute Gasteiger partial charge is 0.375 e. The lowest BCUT2D eigenvalue weighted by Crippen LogP contribution is -2.04. The molecular formula is C6H6FN3O2S.